The molecular formula is C15H17BrN2O. The van der Waals surface area contributed by atoms with Crippen molar-refractivity contribution in [2.24, 2.45) is 0 Å². The van der Waals surface area contributed by atoms with Crippen LogP contribution in [0.3, 0.4) is 0 Å². The highest BCUT2D eigenvalue weighted by atomic mass is 79.9. The first kappa shape index (κ1) is 12.9. The summed E-state index contributed by atoms with van der Waals surface area (Å²) in [5, 5.41) is 15.9. The van der Waals surface area contributed by atoms with Gasteiger partial charge in [0.15, 0.2) is 0 Å². The molecule has 0 saturated heterocycles. The van der Waals surface area contributed by atoms with Crippen LogP contribution in [0.5, 0.6) is 0 Å². The topological polar surface area (TPSA) is 45.1 Å². The maximum atomic E-state index is 10.4. The number of rotatable bonds is 3. The van der Waals surface area contributed by atoms with Crippen LogP contribution in [-0.4, -0.2) is 22.2 Å². The van der Waals surface area contributed by atoms with Crippen LogP contribution in [0.15, 0.2) is 34.9 Å². The van der Waals surface area contributed by atoms with Crippen molar-refractivity contribution >= 4 is 32.5 Å². The van der Waals surface area contributed by atoms with Crippen molar-refractivity contribution in [2.45, 2.75) is 31.3 Å². The van der Waals surface area contributed by atoms with Crippen LogP contribution >= 0.6 is 15.9 Å². The number of hydrogen-bond acceptors (Lipinski definition) is 3. The number of halogens is 1. The van der Waals surface area contributed by atoms with E-state index in [1.165, 1.54) is 0 Å². The van der Waals surface area contributed by atoms with E-state index < -0.39 is 5.60 Å². The van der Waals surface area contributed by atoms with Gasteiger partial charge in [0.1, 0.15) is 5.82 Å². The molecule has 1 aromatic carbocycles. The van der Waals surface area contributed by atoms with Crippen LogP contribution in [0.4, 0.5) is 5.82 Å². The Morgan fingerprint density at radius 3 is 2.79 bits per heavy atom. The van der Waals surface area contributed by atoms with E-state index in [0.717, 1.165) is 46.7 Å². The van der Waals surface area contributed by atoms with Crippen molar-refractivity contribution in [1.82, 2.24) is 4.98 Å². The second kappa shape index (κ2) is 5.10. The molecule has 0 amide bonds. The third-order valence-electron chi connectivity index (χ3n) is 3.87. The Labute approximate surface area is 121 Å². The Hall–Kier alpha value is -1.13. The van der Waals surface area contributed by atoms with Crippen molar-refractivity contribution in [3.63, 3.8) is 0 Å². The highest BCUT2D eigenvalue weighted by Gasteiger charge is 2.30. The average Bonchev–Trinajstić information content (AvgIpc) is 2.84. The van der Waals surface area contributed by atoms with Gasteiger partial charge >= 0.3 is 0 Å². The van der Waals surface area contributed by atoms with Crippen molar-refractivity contribution in [2.75, 3.05) is 11.9 Å². The summed E-state index contributed by atoms with van der Waals surface area (Å²) in [6.45, 7) is 0.575. The summed E-state index contributed by atoms with van der Waals surface area (Å²) >= 11 is 3.55. The lowest BCUT2D eigenvalue weighted by molar-refractivity contribution is 0.0614. The van der Waals surface area contributed by atoms with Gasteiger partial charge in [0.05, 0.1) is 5.60 Å². The third-order valence-corrected chi connectivity index (χ3v) is 4.56. The third kappa shape index (κ3) is 2.60. The van der Waals surface area contributed by atoms with E-state index >= 15 is 0 Å². The molecule has 1 aromatic heterocycles. The molecule has 1 heterocycles. The minimum absolute atomic E-state index is 0.560. The molecule has 3 rings (SSSR count). The highest BCUT2D eigenvalue weighted by molar-refractivity contribution is 9.10. The lowest BCUT2D eigenvalue weighted by Crippen LogP contribution is -2.33. The van der Waals surface area contributed by atoms with Gasteiger partial charge in [-0.15, -0.1) is 0 Å². The first-order valence-corrected chi connectivity index (χ1v) is 7.47. The summed E-state index contributed by atoms with van der Waals surface area (Å²) < 4.78 is 1.06. The van der Waals surface area contributed by atoms with Gasteiger partial charge in [-0.05, 0) is 25.0 Å². The van der Waals surface area contributed by atoms with Crippen molar-refractivity contribution < 1.29 is 5.11 Å². The largest absolute Gasteiger partial charge is 0.388 e. The zero-order valence-electron chi connectivity index (χ0n) is 10.7. The Morgan fingerprint density at radius 2 is 2.00 bits per heavy atom. The Balaban J connectivity index is 1.87. The highest BCUT2D eigenvalue weighted by Crippen LogP contribution is 2.31. The number of fused-ring (bicyclic) bond motifs is 1. The number of pyridine rings is 1. The standard InChI is InChI=1S/C15H17BrN2O/c16-13-5-3-4-12-11(13)6-9-17-14(12)18-10-15(19)7-1-2-8-15/h3-6,9,19H,1-2,7-8,10H2,(H,17,18). The monoisotopic (exact) mass is 320 g/mol. The molecule has 2 aromatic rings. The normalized spacial score (nSPS) is 17.8. The minimum atomic E-state index is -0.560. The predicted molar refractivity (Wildman–Crippen MR) is 81.4 cm³/mol. The van der Waals surface area contributed by atoms with Crippen LogP contribution in [0.1, 0.15) is 25.7 Å². The molecule has 19 heavy (non-hydrogen) atoms. The quantitative estimate of drug-likeness (QED) is 0.906. The Bertz CT molecular complexity index is 594. The predicted octanol–water partition coefficient (Wildman–Crippen LogP) is 3.71. The number of aliphatic hydroxyl groups is 1. The fraction of sp³-hybridized carbons (Fsp3) is 0.400. The first-order chi connectivity index (χ1) is 9.18. The average molecular weight is 321 g/mol. The molecule has 1 aliphatic carbocycles. The van der Waals surface area contributed by atoms with Crippen LogP contribution in [0.25, 0.3) is 10.8 Å². The van der Waals surface area contributed by atoms with Crippen molar-refractivity contribution in [3.8, 4) is 0 Å². The van der Waals surface area contributed by atoms with Gasteiger partial charge in [0.2, 0.25) is 0 Å². The SMILES string of the molecule is OC1(CNc2nccc3c(Br)cccc23)CCCC1. The molecule has 1 fully saturated rings. The number of anilines is 1. The summed E-state index contributed by atoms with van der Waals surface area (Å²) in [6.07, 6.45) is 5.80. The Kier molecular flexibility index (Phi) is 3.46. The number of benzene rings is 1. The van der Waals surface area contributed by atoms with E-state index in [1.807, 2.05) is 24.3 Å². The van der Waals surface area contributed by atoms with Crippen molar-refractivity contribution in [3.05, 3.63) is 34.9 Å². The van der Waals surface area contributed by atoms with Gasteiger partial charge in [-0.1, -0.05) is 40.9 Å². The van der Waals surface area contributed by atoms with Crippen LogP contribution in [-0.2, 0) is 0 Å². The zero-order valence-corrected chi connectivity index (χ0v) is 12.3. The molecule has 0 bridgehead atoms. The molecule has 3 nitrogen and oxygen atoms in total. The van der Waals surface area contributed by atoms with Gasteiger partial charge in [0.25, 0.3) is 0 Å². The van der Waals surface area contributed by atoms with E-state index in [4.69, 9.17) is 0 Å². The van der Waals surface area contributed by atoms with E-state index in [-0.39, 0.29) is 0 Å². The summed E-state index contributed by atoms with van der Waals surface area (Å²) in [5.41, 5.74) is -0.560. The number of nitrogens with zero attached hydrogens (tertiary/aromatic N) is 1. The van der Waals surface area contributed by atoms with Gasteiger partial charge in [-0.2, -0.15) is 0 Å². The summed E-state index contributed by atoms with van der Waals surface area (Å²) in [7, 11) is 0. The van der Waals surface area contributed by atoms with Gasteiger partial charge in [-0.3, -0.25) is 0 Å². The Morgan fingerprint density at radius 1 is 1.21 bits per heavy atom. The molecule has 4 heteroatoms. The molecule has 1 aliphatic rings. The molecule has 2 N–H and O–H groups in total. The van der Waals surface area contributed by atoms with Crippen LogP contribution < -0.4 is 5.32 Å². The summed E-state index contributed by atoms with van der Waals surface area (Å²) in [6, 6.07) is 8.07. The fourth-order valence-corrected chi connectivity index (χ4v) is 3.27. The van der Waals surface area contributed by atoms with E-state index in [1.54, 1.807) is 6.20 Å². The minimum Gasteiger partial charge on any atom is -0.388 e. The molecule has 0 aliphatic heterocycles. The van der Waals surface area contributed by atoms with Gasteiger partial charge < -0.3 is 10.4 Å². The zero-order chi connectivity index (χ0) is 13.3. The van der Waals surface area contributed by atoms with Gasteiger partial charge in [0, 0.05) is 28.0 Å². The number of nitrogens with one attached hydrogen (secondary N) is 1. The van der Waals surface area contributed by atoms with Crippen molar-refractivity contribution in [1.29, 1.82) is 0 Å². The van der Waals surface area contributed by atoms with E-state index in [0.29, 0.717) is 6.54 Å². The lowest BCUT2D eigenvalue weighted by atomic mass is 10.0. The van der Waals surface area contributed by atoms with E-state index in [9.17, 15) is 5.11 Å². The second-order valence-electron chi connectivity index (χ2n) is 5.28. The second-order valence-corrected chi connectivity index (χ2v) is 6.13. The summed E-state index contributed by atoms with van der Waals surface area (Å²) in [5.74, 6) is 0.846. The molecule has 0 radical (unpaired) electrons. The van der Waals surface area contributed by atoms with E-state index in [2.05, 4.69) is 26.2 Å². The van der Waals surface area contributed by atoms with Crippen LogP contribution in [0, 0.1) is 0 Å². The summed E-state index contributed by atoms with van der Waals surface area (Å²) in [4.78, 5) is 4.40. The molecule has 0 unspecified atom stereocenters. The number of hydrogen-bond donors (Lipinski definition) is 2. The molecule has 1 saturated carbocycles. The molecular weight excluding hydrogens is 304 g/mol. The van der Waals surface area contributed by atoms with Crippen LogP contribution in [0.2, 0.25) is 0 Å². The smallest absolute Gasteiger partial charge is 0.133 e. The fourth-order valence-electron chi connectivity index (χ4n) is 2.77. The first-order valence-electron chi connectivity index (χ1n) is 6.67. The molecule has 0 spiro atoms. The van der Waals surface area contributed by atoms with Gasteiger partial charge in [-0.25, -0.2) is 4.98 Å². The molecule has 0 atom stereocenters. The lowest BCUT2D eigenvalue weighted by Gasteiger charge is -2.23. The maximum Gasteiger partial charge on any atom is 0.133 e. The molecule has 100 valence electrons. The maximum absolute atomic E-state index is 10.4. The number of aromatic nitrogens is 1.